The monoisotopic (exact) mass is 1210 g/mol. The van der Waals surface area contributed by atoms with Crippen LogP contribution in [-0.2, 0) is 44.7 Å². The van der Waals surface area contributed by atoms with Gasteiger partial charge in [0.05, 0.1) is 77.1 Å². The predicted octanol–water partition coefficient (Wildman–Crippen LogP) is 11.5. The standard InChI is InChI=1S/C31H33N5O3.C20H19ClN4O2.C17H26BNO3/c1-37-28-17-25-27(18-29(28)38-2)34-31(24-9-4-3-7-22(24)20-36-13-15-39-16-14-36)35-30(25)32-12-11-21-19-33-26-10-6-5-8-23(21)26;1-26-17-9-14-16(10-18(17)27-2)24-20(21)25-19(14)22-8-7-12-11-23-15-6-4-3-5-13(12)15;1-16(2)17(3,4)22-18(21-16)15-8-6-5-7-14(15)13-19-9-11-20-12-10-19/h3-10,17-19,33H,11-16,20H2,1-2H3,(H,32,34,35);3-6,9-11,23H,7-8H2,1-2H3,(H,22,24,25);5-8H,9-13H2,1-4H3. The maximum absolute atomic E-state index is 6.21. The first-order valence-corrected chi connectivity index (χ1v) is 30.4. The molecule has 0 spiro atoms. The first-order chi connectivity index (χ1) is 42.8. The van der Waals surface area contributed by atoms with Gasteiger partial charge >= 0.3 is 7.12 Å². The molecule has 0 bridgehead atoms. The Kier molecular flexibility index (Phi) is 19.6. The number of para-hydroxylation sites is 2. The van der Waals surface area contributed by atoms with Crippen molar-refractivity contribution in [3.05, 3.63) is 161 Å². The van der Waals surface area contributed by atoms with Gasteiger partial charge in [-0.1, -0.05) is 84.9 Å². The minimum atomic E-state index is -0.302. The lowest BCUT2D eigenvalue weighted by molar-refractivity contribution is 0.00578. The normalized spacial score (nSPS) is 15.8. The Labute approximate surface area is 519 Å². The Bertz CT molecular complexity index is 3980. The molecule has 6 aromatic carbocycles. The number of aromatic amines is 2. The Hall–Kier alpha value is -8.01. The van der Waals surface area contributed by atoms with Crippen molar-refractivity contribution in [1.29, 1.82) is 0 Å². The van der Waals surface area contributed by atoms with Crippen LogP contribution < -0.4 is 35.0 Å². The second kappa shape index (κ2) is 28.0. The molecule has 3 saturated heterocycles. The number of hydrogen-bond donors (Lipinski definition) is 4. The topological polar surface area (TPSA) is 188 Å². The van der Waals surface area contributed by atoms with Crippen LogP contribution in [0.5, 0.6) is 23.0 Å². The van der Waals surface area contributed by atoms with Crippen molar-refractivity contribution in [1.82, 2.24) is 39.7 Å². The zero-order valence-corrected chi connectivity index (χ0v) is 52.3. The molecule has 0 unspecified atom stereocenters. The zero-order chi connectivity index (χ0) is 61.2. The van der Waals surface area contributed by atoms with Crippen molar-refractivity contribution in [2.24, 2.45) is 0 Å². The number of fused-ring (bicyclic) bond motifs is 4. The van der Waals surface area contributed by atoms with Crippen LogP contribution >= 0.6 is 11.6 Å². The molecule has 0 aliphatic carbocycles. The minimum Gasteiger partial charge on any atom is -0.493 e. The molecule has 88 heavy (non-hydrogen) atoms. The first kappa shape index (κ1) is 61.6. The van der Waals surface area contributed by atoms with Crippen LogP contribution in [0.3, 0.4) is 0 Å². The van der Waals surface area contributed by atoms with Gasteiger partial charge in [0, 0.05) is 115 Å². The Morgan fingerprint density at radius 3 is 1.49 bits per heavy atom. The SMILES string of the molecule is CC1(C)OB(c2ccccc2CN2CCOCC2)OC1(C)C.COc1cc2nc(-c3ccccc3CN3CCOCC3)nc(NCCc3c[nH]c4ccccc34)c2cc1OC.COc1cc2nc(Cl)nc(NCCc3c[nH]c4ccccc34)c2cc1OC. The molecular formula is C68H78BClN10O8. The third kappa shape index (κ3) is 14.1. The van der Waals surface area contributed by atoms with Crippen LogP contribution in [0.4, 0.5) is 11.6 Å². The summed E-state index contributed by atoms with van der Waals surface area (Å²) < 4.78 is 45.3. The molecule has 7 heterocycles. The van der Waals surface area contributed by atoms with Crippen LogP contribution in [0.1, 0.15) is 49.9 Å². The summed E-state index contributed by atoms with van der Waals surface area (Å²) in [6.45, 7) is 18.5. The van der Waals surface area contributed by atoms with Crippen LogP contribution in [-0.4, -0.2) is 152 Å². The fourth-order valence-corrected chi connectivity index (χ4v) is 11.5. The number of hydrogen-bond acceptors (Lipinski definition) is 16. The molecule has 458 valence electrons. The summed E-state index contributed by atoms with van der Waals surface area (Å²) >= 11 is 6.11. The van der Waals surface area contributed by atoms with Crippen LogP contribution in [0.2, 0.25) is 5.28 Å². The van der Waals surface area contributed by atoms with E-state index in [9.17, 15) is 0 Å². The van der Waals surface area contributed by atoms with E-state index in [-0.39, 0.29) is 23.6 Å². The summed E-state index contributed by atoms with van der Waals surface area (Å²) in [7, 11) is 6.19. The average molecular weight is 1210 g/mol. The Morgan fingerprint density at radius 1 is 0.511 bits per heavy atom. The van der Waals surface area contributed by atoms with Crippen LogP contribution in [0.15, 0.2) is 134 Å². The maximum Gasteiger partial charge on any atom is 0.495 e. The van der Waals surface area contributed by atoms with E-state index in [1.165, 1.54) is 33.0 Å². The first-order valence-electron chi connectivity index (χ1n) is 30.0. The highest BCUT2D eigenvalue weighted by Crippen LogP contribution is 2.39. The number of anilines is 2. The third-order valence-corrected chi connectivity index (χ3v) is 17.1. The highest BCUT2D eigenvalue weighted by molar-refractivity contribution is 6.62. The highest BCUT2D eigenvalue weighted by atomic mass is 35.5. The number of ether oxygens (including phenoxy) is 6. The number of nitrogens with zero attached hydrogens (tertiary/aromatic N) is 6. The predicted molar refractivity (Wildman–Crippen MR) is 351 cm³/mol. The quantitative estimate of drug-likeness (QED) is 0.0469. The Morgan fingerprint density at radius 2 is 0.955 bits per heavy atom. The molecule has 18 nitrogen and oxygen atoms in total. The van der Waals surface area contributed by atoms with Gasteiger partial charge in [-0.15, -0.1) is 0 Å². The minimum absolute atomic E-state index is 0.185. The maximum atomic E-state index is 6.21. The van der Waals surface area contributed by atoms with Gasteiger partial charge in [0.1, 0.15) is 11.6 Å². The number of morpholine rings is 2. The van der Waals surface area contributed by atoms with Crippen LogP contribution in [0, 0.1) is 0 Å². The molecule has 3 fully saturated rings. The van der Waals surface area contributed by atoms with E-state index in [2.05, 4.69) is 147 Å². The van der Waals surface area contributed by atoms with Gasteiger partial charge in [-0.3, -0.25) is 9.80 Å². The third-order valence-electron chi connectivity index (χ3n) is 16.9. The van der Waals surface area contributed by atoms with E-state index in [1.54, 1.807) is 34.5 Å². The van der Waals surface area contributed by atoms with Crippen LogP contribution in [0.25, 0.3) is 55.0 Å². The zero-order valence-electron chi connectivity index (χ0n) is 51.5. The lowest BCUT2D eigenvalue weighted by Gasteiger charge is -2.32. The van der Waals surface area contributed by atoms with E-state index in [4.69, 9.17) is 59.3 Å². The number of aromatic nitrogens is 6. The number of nitrogens with one attached hydrogen (secondary N) is 4. The molecular weight excluding hydrogens is 1130 g/mol. The number of benzene rings is 6. The van der Waals surface area contributed by atoms with Gasteiger partial charge in [0.25, 0.3) is 0 Å². The summed E-state index contributed by atoms with van der Waals surface area (Å²) in [5.74, 6) is 4.64. The lowest BCUT2D eigenvalue weighted by atomic mass is 9.76. The molecule has 0 saturated carbocycles. The van der Waals surface area contributed by atoms with Crippen molar-refractivity contribution >= 4 is 79.4 Å². The molecule has 20 heteroatoms. The van der Waals surface area contributed by atoms with Gasteiger partial charge in [-0.2, -0.15) is 0 Å². The van der Waals surface area contributed by atoms with Gasteiger partial charge in [-0.25, -0.2) is 19.9 Å². The van der Waals surface area contributed by atoms with Gasteiger partial charge < -0.3 is 58.3 Å². The van der Waals surface area contributed by atoms with Crippen molar-refractivity contribution in [3.8, 4) is 34.4 Å². The molecule has 0 amide bonds. The largest absolute Gasteiger partial charge is 0.495 e. The number of rotatable bonds is 18. The van der Waals surface area contributed by atoms with Crippen molar-refractivity contribution < 1.29 is 37.7 Å². The van der Waals surface area contributed by atoms with E-state index in [0.29, 0.717) is 46.7 Å². The molecule has 4 N–H and O–H groups in total. The van der Waals surface area contributed by atoms with Gasteiger partial charge in [-0.05, 0) is 104 Å². The smallest absolute Gasteiger partial charge is 0.493 e. The second-order valence-corrected chi connectivity index (χ2v) is 23.3. The molecule has 13 rings (SSSR count). The van der Waals surface area contributed by atoms with E-state index >= 15 is 0 Å². The molecule has 4 aromatic heterocycles. The summed E-state index contributed by atoms with van der Waals surface area (Å²) in [6, 6.07) is 41.0. The molecule has 3 aliphatic heterocycles. The lowest BCUT2D eigenvalue weighted by Crippen LogP contribution is -2.41. The summed E-state index contributed by atoms with van der Waals surface area (Å²) in [5, 5.41) is 11.4. The summed E-state index contributed by atoms with van der Waals surface area (Å²) in [4.78, 5) is 30.2. The summed E-state index contributed by atoms with van der Waals surface area (Å²) in [5.41, 5.74) is 10.4. The fraction of sp³-hybridized carbons (Fsp3) is 0.353. The number of methoxy groups -OCH3 is 4. The van der Waals surface area contributed by atoms with E-state index < -0.39 is 0 Å². The fourth-order valence-electron chi connectivity index (χ4n) is 11.3. The van der Waals surface area contributed by atoms with Gasteiger partial charge in [0.2, 0.25) is 5.28 Å². The highest BCUT2D eigenvalue weighted by Gasteiger charge is 2.52. The number of H-pyrrole nitrogens is 2. The van der Waals surface area contributed by atoms with Crippen molar-refractivity contribution in [2.75, 3.05) is 105 Å². The van der Waals surface area contributed by atoms with Crippen molar-refractivity contribution in [3.63, 3.8) is 0 Å². The Balaban J connectivity index is 0.000000143. The molecule has 10 aromatic rings. The summed E-state index contributed by atoms with van der Waals surface area (Å²) in [6.07, 6.45) is 5.84. The van der Waals surface area contributed by atoms with E-state index in [0.717, 1.165) is 129 Å². The number of halogens is 1. The average Bonchev–Trinajstić information content (AvgIpc) is 2.52. The second-order valence-electron chi connectivity index (χ2n) is 23.0. The molecule has 3 aliphatic rings. The van der Waals surface area contributed by atoms with Crippen molar-refractivity contribution in [2.45, 2.75) is 64.8 Å². The molecule has 0 atom stereocenters. The van der Waals surface area contributed by atoms with E-state index in [1.807, 2.05) is 48.7 Å². The van der Waals surface area contributed by atoms with Gasteiger partial charge in [0.15, 0.2) is 28.8 Å². The molecule has 0 radical (unpaired) electrons.